The molecule has 0 spiro atoms. The highest BCUT2D eigenvalue weighted by Gasteiger charge is 2.41. The van der Waals surface area contributed by atoms with Crippen LogP contribution in [0.1, 0.15) is 50.6 Å². The van der Waals surface area contributed by atoms with Crippen molar-refractivity contribution in [3.05, 3.63) is 71.3 Å². The Morgan fingerprint density at radius 2 is 1.91 bits per heavy atom. The van der Waals surface area contributed by atoms with Gasteiger partial charge in [0.05, 0.1) is 19.5 Å². The van der Waals surface area contributed by atoms with Crippen LogP contribution in [0.3, 0.4) is 0 Å². The van der Waals surface area contributed by atoms with Gasteiger partial charge in [-0.15, -0.1) is 0 Å². The first-order chi connectivity index (χ1) is 16.8. The zero-order chi connectivity index (χ0) is 23.1. The van der Waals surface area contributed by atoms with E-state index in [9.17, 15) is 0 Å². The van der Waals surface area contributed by atoms with E-state index in [1.54, 1.807) is 7.11 Å². The van der Waals surface area contributed by atoms with Crippen LogP contribution >= 0.6 is 0 Å². The molecule has 7 nitrogen and oxygen atoms in total. The van der Waals surface area contributed by atoms with Crippen LogP contribution in [0.4, 0.5) is 11.8 Å². The number of anilines is 2. The molecule has 3 aromatic rings. The molecule has 0 radical (unpaired) electrons. The summed E-state index contributed by atoms with van der Waals surface area (Å²) in [6.45, 7) is 2.97. The number of methoxy groups -OCH3 is 1. The first-order valence-electron chi connectivity index (χ1n) is 12.3. The maximum Gasteiger partial charge on any atom is 0.226 e. The van der Waals surface area contributed by atoms with Gasteiger partial charge in [-0.05, 0) is 30.4 Å². The highest BCUT2D eigenvalue weighted by molar-refractivity contribution is 5.93. The fourth-order valence-electron chi connectivity index (χ4n) is 5.37. The molecule has 2 N–H and O–H groups in total. The van der Waals surface area contributed by atoms with Crippen LogP contribution in [-0.4, -0.2) is 39.2 Å². The first-order valence-corrected chi connectivity index (χ1v) is 12.3. The molecule has 1 saturated carbocycles. The molecule has 2 bridgehead atoms. The fraction of sp³-hybridized carbons (Fsp3) is 0.370. The molecule has 2 heterocycles. The van der Waals surface area contributed by atoms with Crippen molar-refractivity contribution in [1.82, 2.24) is 19.5 Å². The number of allylic oxidation sites excluding steroid dienone is 2. The van der Waals surface area contributed by atoms with Crippen LogP contribution in [-0.2, 0) is 4.74 Å². The van der Waals surface area contributed by atoms with Gasteiger partial charge in [0.2, 0.25) is 5.95 Å². The summed E-state index contributed by atoms with van der Waals surface area (Å²) in [7, 11) is 1.74. The molecule has 0 amide bonds. The SMILES string of the molecule is CCCNc1nc(NC2c3ccc(-c4ccccc4)c2c3OC)c2ncn(C3CCCC3)c2n1. The van der Waals surface area contributed by atoms with Crippen molar-refractivity contribution < 1.29 is 4.74 Å². The number of imidazole rings is 1. The summed E-state index contributed by atoms with van der Waals surface area (Å²) in [5.74, 6) is 2.36. The monoisotopic (exact) mass is 454 g/mol. The quantitative estimate of drug-likeness (QED) is 0.469. The van der Waals surface area contributed by atoms with Crippen LogP contribution in [0.5, 0.6) is 0 Å². The van der Waals surface area contributed by atoms with Gasteiger partial charge in [0.15, 0.2) is 17.0 Å². The second kappa shape index (κ2) is 8.63. The number of nitrogens with zero attached hydrogens (tertiary/aromatic N) is 4. The third-order valence-corrected chi connectivity index (χ3v) is 7.07. The minimum absolute atomic E-state index is 0.00362. The molecule has 6 rings (SSSR count). The van der Waals surface area contributed by atoms with E-state index in [0.29, 0.717) is 12.0 Å². The van der Waals surface area contributed by atoms with Gasteiger partial charge in [-0.2, -0.15) is 9.97 Å². The summed E-state index contributed by atoms with van der Waals surface area (Å²) in [4.78, 5) is 14.5. The van der Waals surface area contributed by atoms with Crippen LogP contribution in [0.15, 0.2) is 65.7 Å². The Morgan fingerprint density at radius 3 is 2.68 bits per heavy atom. The molecule has 2 aromatic heterocycles. The van der Waals surface area contributed by atoms with E-state index >= 15 is 0 Å². The van der Waals surface area contributed by atoms with Gasteiger partial charge in [-0.25, -0.2) is 4.98 Å². The van der Waals surface area contributed by atoms with Crippen molar-refractivity contribution in [2.24, 2.45) is 0 Å². The number of benzene rings is 1. The molecule has 174 valence electrons. The zero-order valence-electron chi connectivity index (χ0n) is 19.7. The summed E-state index contributed by atoms with van der Waals surface area (Å²) in [6, 6.07) is 10.9. The largest absolute Gasteiger partial charge is 0.496 e. The smallest absolute Gasteiger partial charge is 0.226 e. The summed E-state index contributed by atoms with van der Waals surface area (Å²) in [6.07, 6.45) is 12.2. The van der Waals surface area contributed by atoms with Crippen molar-refractivity contribution in [2.75, 3.05) is 24.3 Å². The fourth-order valence-corrected chi connectivity index (χ4v) is 5.37. The number of nitrogens with one attached hydrogen (secondary N) is 2. The molecule has 3 aliphatic carbocycles. The van der Waals surface area contributed by atoms with Gasteiger partial charge in [-0.1, -0.05) is 62.2 Å². The molecule has 1 fully saturated rings. The number of fused-ring (bicyclic) bond motifs is 3. The Hall–Kier alpha value is -3.61. The van der Waals surface area contributed by atoms with Crippen molar-refractivity contribution in [2.45, 2.75) is 51.1 Å². The minimum atomic E-state index is 0.00362. The topological polar surface area (TPSA) is 76.9 Å². The van der Waals surface area contributed by atoms with Crippen LogP contribution < -0.4 is 10.6 Å². The number of ether oxygens (including phenoxy) is 1. The van der Waals surface area contributed by atoms with E-state index < -0.39 is 0 Å². The van der Waals surface area contributed by atoms with Gasteiger partial charge in [-0.3, -0.25) is 0 Å². The maximum absolute atomic E-state index is 5.77. The normalized spacial score (nSPS) is 19.6. The van der Waals surface area contributed by atoms with Gasteiger partial charge in [0.1, 0.15) is 5.76 Å². The number of rotatable bonds is 8. The lowest BCUT2D eigenvalue weighted by Crippen LogP contribution is -2.38. The summed E-state index contributed by atoms with van der Waals surface area (Å²) in [5.41, 5.74) is 6.39. The average molecular weight is 455 g/mol. The Balaban J connectivity index is 1.38. The van der Waals surface area contributed by atoms with Gasteiger partial charge in [0.25, 0.3) is 0 Å². The summed E-state index contributed by atoms with van der Waals surface area (Å²) in [5, 5.41) is 7.08. The molecular weight excluding hydrogens is 424 g/mol. The maximum atomic E-state index is 5.77. The Bertz CT molecular complexity index is 1310. The molecule has 1 aromatic carbocycles. The zero-order valence-corrected chi connectivity index (χ0v) is 19.7. The second-order valence-corrected chi connectivity index (χ2v) is 9.18. The lowest BCUT2D eigenvalue weighted by molar-refractivity contribution is 0.281. The molecule has 1 atom stereocenters. The van der Waals surface area contributed by atoms with Crippen molar-refractivity contribution in [3.8, 4) is 0 Å². The van der Waals surface area contributed by atoms with E-state index in [2.05, 4.69) is 58.5 Å². The molecule has 0 saturated heterocycles. The van der Waals surface area contributed by atoms with Crippen LogP contribution in [0, 0.1) is 0 Å². The lowest BCUT2D eigenvalue weighted by atomic mass is 9.73. The Labute approximate surface area is 199 Å². The molecular formula is C27H30N6O. The van der Waals surface area contributed by atoms with Gasteiger partial charge >= 0.3 is 0 Å². The molecule has 0 aliphatic heterocycles. The third kappa shape index (κ3) is 3.38. The number of aromatic nitrogens is 4. The summed E-state index contributed by atoms with van der Waals surface area (Å²) >= 11 is 0. The van der Waals surface area contributed by atoms with E-state index in [-0.39, 0.29) is 6.04 Å². The lowest BCUT2D eigenvalue weighted by Gasteiger charge is -2.40. The minimum Gasteiger partial charge on any atom is -0.496 e. The number of hydrogen-bond acceptors (Lipinski definition) is 6. The standard InChI is InChI=1S/C27H30N6O/c1-3-15-28-27-31-25(23-26(32-27)33(16-29-23)18-11-7-8-12-18)30-22-20-14-13-19(21(22)24(20)34-2)17-9-5-4-6-10-17/h4-6,9-10,13-14,16,18,22H,3,7-8,11-12,15H2,1-2H3,(H2,28,30,31,32). The summed E-state index contributed by atoms with van der Waals surface area (Å²) < 4.78 is 8.03. The molecule has 34 heavy (non-hydrogen) atoms. The van der Waals surface area contributed by atoms with E-state index in [1.165, 1.54) is 36.8 Å². The van der Waals surface area contributed by atoms with Crippen molar-refractivity contribution in [1.29, 1.82) is 0 Å². The molecule has 7 heteroatoms. The van der Waals surface area contributed by atoms with E-state index in [1.807, 2.05) is 12.4 Å². The van der Waals surface area contributed by atoms with Gasteiger partial charge < -0.3 is 19.9 Å². The highest BCUT2D eigenvalue weighted by atomic mass is 16.5. The van der Waals surface area contributed by atoms with Crippen molar-refractivity contribution in [3.63, 3.8) is 0 Å². The number of hydrogen-bond donors (Lipinski definition) is 2. The van der Waals surface area contributed by atoms with E-state index in [4.69, 9.17) is 19.7 Å². The molecule has 1 unspecified atom stereocenters. The first kappa shape index (κ1) is 21.0. The van der Waals surface area contributed by atoms with E-state index in [0.717, 1.165) is 46.9 Å². The van der Waals surface area contributed by atoms with Crippen LogP contribution in [0.2, 0.25) is 0 Å². The predicted molar refractivity (Wildman–Crippen MR) is 136 cm³/mol. The highest BCUT2D eigenvalue weighted by Crippen LogP contribution is 2.48. The second-order valence-electron chi connectivity index (χ2n) is 9.18. The molecule has 3 aliphatic rings. The Kier molecular flexibility index (Phi) is 5.32. The van der Waals surface area contributed by atoms with Crippen molar-refractivity contribution >= 4 is 28.5 Å². The average Bonchev–Trinajstić information content (AvgIpc) is 3.56. The predicted octanol–water partition coefficient (Wildman–Crippen LogP) is 5.48. The third-order valence-electron chi connectivity index (χ3n) is 7.07. The Morgan fingerprint density at radius 1 is 1.09 bits per heavy atom. The van der Waals surface area contributed by atoms with Crippen LogP contribution in [0.25, 0.3) is 16.7 Å². The van der Waals surface area contributed by atoms with Gasteiger partial charge in [0, 0.05) is 23.7 Å².